The normalized spacial score (nSPS) is 10.7. The van der Waals surface area contributed by atoms with E-state index in [0.717, 1.165) is 10.9 Å². The van der Waals surface area contributed by atoms with E-state index in [1.54, 1.807) is 22.5 Å². The van der Waals surface area contributed by atoms with Crippen molar-refractivity contribution in [1.29, 1.82) is 0 Å². The summed E-state index contributed by atoms with van der Waals surface area (Å²) in [7, 11) is 0. The van der Waals surface area contributed by atoms with Crippen molar-refractivity contribution in [3.05, 3.63) is 42.0 Å². The summed E-state index contributed by atoms with van der Waals surface area (Å²) < 4.78 is 1.91. The number of carbonyl (C=O) groups is 3. The van der Waals surface area contributed by atoms with Crippen molar-refractivity contribution in [3.8, 4) is 0 Å². The van der Waals surface area contributed by atoms with Crippen molar-refractivity contribution >= 4 is 50.8 Å². The molecule has 0 fully saturated rings. The molecule has 1 aromatic carbocycles. The summed E-state index contributed by atoms with van der Waals surface area (Å²) in [5.41, 5.74) is 1.58. The lowest BCUT2D eigenvalue weighted by atomic mass is 10.2. The fourth-order valence-electron chi connectivity index (χ4n) is 3.16. The molecule has 0 aliphatic rings. The van der Waals surface area contributed by atoms with Gasteiger partial charge in [-0.3, -0.25) is 14.4 Å². The second-order valence-corrected chi connectivity index (χ2v) is 7.61. The summed E-state index contributed by atoms with van der Waals surface area (Å²) in [5.74, 6) is -0.406. The number of amides is 3. The summed E-state index contributed by atoms with van der Waals surface area (Å²) in [6.45, 7) is 5.59. The number of aromatic nitrogens is 2. The molecule has 0 radical (unpaired) electrons. The van der Waals surface area contributed by atoms with Crippen LogP contribution in [-0.2, 0) is 20.9 Å². The number of rotatable bonds is 9. The highest BCUT2D eigenvalue weighted by molar-refractivity contribution is 7.13. The predicted octanol–water partition coefficient (Wildman–Crippen LogP) is 3.32. The Hall–Kier alpha value is -3.20. The van der Waals surface area contributed by atoms with Gasteiger partial charge in [0.05, 0.1) is 0 Å². The van der Waals surface area contributed by atoms with E-state index in [2.05, 4.69) is 15.6 Å². The molecule has 3 aromatic rings. The predicted molar refractivity (Wildman–Crippen MR) is 118 cm³/mol. The van der Waals surface area contributed by atoms with Crippen LogP contribution in [0.3, 0.4) is 0 Å². The van der Waals surface area contributed by atoms with Gasteiger partial charge in [-0.05, 0) is 38.1 Å². The second kappa shape index (κ2) is 10.0. The van der Waals surface area contributed by atoms with E-state index in [-0.39, 0.29) is 37.1 Å². The topological polar surface area (TPSA) is 96.3 Å². The molecule has 158 valence electrons. The van der Waals surface area contributed by atoms with Crippen molar-refractivity contribution < 1.29 is 14.4 Å². The van der Waals surface area contributed by atoms with Crippen LogP contribution in [0.25, 0.3) is 10.9 Å². The summed E-state index contributed by atoms with van der Waals surface area (Å²) in [4.78, 5) is 42.2. The maximum Gasteiger partial charge on any atom is 0.242 e. The molecule has 3 amide bonds. The van der Waals surface area contributed by atoms with Crippen LogP contribution in [0.4, 0.5) is 10.8 Å². The molecule has 2 N–H and O–H groups in total. The average Bonchev–Trinajstić information content (AvgIpc) is 3.37. The lowest BCUT2D eigenvalue weighted by Gasteiger charge is -2.19. The molecule has 0 saturated carbocycles. The molecule has 0 spiro atoms. The fourth-order valence-corrected chi connectivity index (χ4v) is 3.70. The molecule has 0 atom stereocenters. The first-order chi connectivity index (χ1) is 14.5. The number of nitrogens with zero attached hydrogens (tertiary/aromatic N) is 3. The van der Waals surface area contributed by atoms with E-state index in [9.17, 15) is 14.4 Å². The standard InChI is InChI=1S/C21H25N5O3S/c1-3-25(4-2)20(29)14-26-11-9-15-13-16(5-6-17(15)26)23-18(27)7-8-19(28)24-21-22-10-12-30-21/h5-6,9-13H,3-4,7-8,14H2,1-2H3,(H,23,27)(H,22,24,28). The van der Waals surface area contributed by atoms with E-state index in [1.165, 1.54) is 11.3 Å². The van der Waals surface area contributed by atoms with Crippen LogP contribution in [0, 0.1) is 0 Å². The Morgan fingerprint density at radius 3 is 2.47 bits per heavy atom. The Balaban J connectivity index is 1.56. The van der Waals surface area contributed by atoms with Gasteiger partial charge < -0.3 is 20.1 Å². The van der Waals surface area contributed by atoms with Gasteiger partial charge in [-0.25, -0.2) is 4.98 Å². The third kappa shape index (κ3) is 5.44. The van der Waals surface area contributed by atoms with Gasteiger partial charge in [0.1, 0.15) is 6.54 Å². The number of hydrogen-bond donors (Lipinski definition) is 2. The van der Waals surface area contributed by atoms with E-state index in [4.69, 9.17) is 0 Å². The lowest BCUT2D eigenvalue weighted by molar-refractivity contribution is -0.131. The van der Waals surface area contributed by atoms with E-state index in [0.29, 0.717) is 23.9 Å². The van der Waals surface area contributed by atoms with Crippen LogP contribution in [-0.4, -0.2) is 45.3 Å². The fraction of sp³-hybridized carbons (Fsp3) is 0.333. The Morgan fingerprint density at radius 2 is 1.80 bits per heavy atom. The smallest absolute Gasteiger partial charge is 0.242 e. The number of nitrogens with one attached hydrogen (secondary N) is 2. The molecular weight excluding hydrogens is 402 g/mol. The maximum absolute atomic E-state index is 12.4. The van der Waals surface area contributed by atoms with Gasteiger partial charge in [-0.2, -0.15) is 0 Å². The first kappa shape index (κ1) is 21.5. The Morgan fingerprint density at radius 1 is 1.07 bits per heavy atom. The summed E-state index contributed by atoms with van der Waals surface area (Å²) >= 11 is 1.33. The molecule has 3 rings (SSSR count). The minimum atomic E-state index is -0.245. The monoisotopic (exact) mass is 427 g/mol. The van der Waals surface area contributed by atoms with Gasteiger partial charge in [0, 0.05) is 60.3 Å². The molecule has 30 heavy (non-hydrogen) atoms. The van der Waals surface area contributed by atoms with Crippen LogP contribution in [0.5, 0.6) is 0 Å². The van der Waals surface area contributed by atoms with E-state index >= 15 is 0 Å². The van der Waals surface area contributed by atoms with Crippen molar-refractivity contribution in [1.82, 2.24) is 14.5 Å². The number of anilines is 2. The zero-order chi connectivity index (χ0) is 21.5. The molecule has 0 aliphatic heterocycles. The SMILES string of the molecule is CCN(CC)C(=O)Cn1ccc2cc(NC(=O)CCC(=O)Nc3nccs3)ccc21. The van der Waals surface area contributed by atoms with Gasteiger partial charge in [-0.1, -0.05) is 0 Å². The Bertz CT molecular complexity index is 1020. The molecule has 0 unspecified atom stereocenters. The number of hydrogen-bond acceptors (Lipinski definition) is 5. The quantitative estimate of drug-likeness (QED) is 0.547. The molecule has 0 aliphatic carbocycles. The Kier molecular flexibility index (Phi) is 7.18. The molecule has 2 heterocycles. The highest BCUT2D eigenvalue weighted by Gasteiger charge is 2.13. The number of fused-ring (bicyclic) bond motifs is 1. The van der Waals surface area contributed by atoms with Crippen molar-refractivity contribution in [3.63, 3.8) is 0 Å². The molecule has 0 bridgehead atoms. The zero-order valence-corrected chi connectivity index (χ0v) is 17.9. The average molecular weight is 428 g/mol. The minimum absolute atomic E-state index is 0.0749. The number of carbonyl (C=O) groups excluding carboxylic acids is 3. The van der Waals surface area contributed by atoms with Gasteiger partial charge in [0.25, 0.3) is 0 Å². The third-order valence-electron chi connectivity index (χ3n) is 4.73. The summed E-state index contributed by atoms with van der Waals surface area (Å²) in [6.07, 6.45) is 3.64. The number of thiazole rings is 1. The van der Waals surface area contributed by atoms with Crippen LogP contribution < -0.4 is 10.6 Å². The third-order valence-corrected chi connectivity index (χ3v) is 5.42. The van der Waals surface area contributed by atoms with Crippen LogP contribution >= 0.6 is 11.3 Å². The molecule has 8 nitrogen and oxygen atoms in total. The minimum Gasteiger partial charge on any atom is -0.342 e. The van der Waals surface area contributed by atoms with E-state index in [1.807, 2.05) is 42.8 Å². The largest absolute Gasteiger partial charge is 0.342 e. The van der Waals surface area contributed by atoms with Crippen LogP contribution in [0.15, 0.2) is 42.0 Å². The van der Waals surface area contributed by atoms with Gasteiger partial charge >= 0.3 is 0 Å². The maximum atomic E-state index is 12.4. The van der Waals surface area contributed by atoms with E-state index < -0.39 is 0 Å². The number of likely N-dealkylation sites (N-methyl/N-ethyl adjacent to an activating group) is 1. The Labute approximate surface area is 178 Å². The molecule has 9 heteroatoms. The molecular formula is C21H25N5O3S. The summed E-state index contributed by atoms with van der Waals surface area (Å²) in [6, 6.07) is 7.47. The van der Waals surface area contributed by atoms with Crippen LogP contribution in [0.2, 0.25) is 0 Å². The highest BCUT2D eigenvalue weighted by Crippen LogP contribution is 2.21. The first-order valence-corrected chi connectivity index (χ1v) is 10.7. The van der Waals surface area contributed by atoms with Crippen molar-refractivity contribution in [2.75, 3.05) is 23.7 Å². The van der Waals surface area contributed by atoms with Crippen molar-refractivity contribution in [2.45, 2.75) is 33.2 Å². The second-order valence-electron chi connectivity index (χ2n) is 6.72. The number of benzene rings is 1. The summed E-state index contributed by atoms with van der Waals surface area (Å²) in [5, 5.41) is 8.70. The highest BCUT2D eigenvalue weighted by atomic mass is 32.1. The molecule has 0 saturated heterocycles. The van der Waals surface area contributed by atoms with Crippen LogP contribution in [0.1, 0.15) is 26.7 Å². The first-order valence-electron chi connectivity index (χ1n) is 9.86. The molecule has 2 aromatic heterocycles. The van der Waals surface area contributed by atoms with Crippen molar-refractivity contribution in [2.24, 2.45) is 0 Å². The van der Waals surface area contributed by atoms with Gasteiger partial charge in [-0.15, -0.1) is 11.3 Å². The zero-order valence-electron chi connectivity index (χ0n) is 17.1. The van der Waals surface area contributed by atoms with Gasteiger partial charge in [0.15, 0.2) is 5.13 Å². The van der Waals surface area contributed by atoms with Gasteiger partial charge in [0.2, 0.25) is 17.7 Å². The lowest BCUT2D eigenvalue weighted by Crippen LogP contribution is -2.33.